The van der Waals surface area contributed by atoms with Crippen molar-refractivity contribution in [1.29, 1.82) is 0 Å². The third kappa shape index (κ3) is 2.65. The molecule has 1 aliphatic rings. The highest BCUT2D eigenvalue weighted by Crippen LogP contribution is 2.16. The van der Waals surface area contributed by atoms with E-state index in [1.807, 2.05) is 23.2 Å². The summed E-state index contributed by atoms with van der Waals surface area (Å²) in [6, 6.07) is 10.3. The number of amides is 1. The van der Waals surface area contributed by atoms with Crippen molar-refractivity contribution in [2.45, 2.75) is 32.2 Å². The Bertz CT molecular complexity index is 565. The van der Waals surface area contributed by atoms with Gasteiger partial charge in [-0.05, 0) is 30.4 Å². The third-order valence-electron chi connectivity index (χ3n) is 3.94. The van der Waals surface area contributed by atoms with Crippen LogP contribution in [0.5, 0.6) is 0 Å². The minimum atomic E-state index is 0.253. The maximum atomic E-state index is 12.4. The zero-order valence-corrected chi connectivity index (χ0v) is 11.2. The Morgan fingerprint density at radius 2 is 1.74 bits per heavy atom. The van der Waals surface area contributed by atoms with E-state index in [-0.39, 0.29) is 5.91 Å². The summed E-state index contributed by atoms with van der Waals surface area (Å²) in [5.74, 6) is 0.253. The second-order valence-electron chi connectivity index (χ2n) is 5.30. The minimum absolute atomic E-state index is 0.253. The molecule has 0 radical (unpaired) electrons. The molecule has 2 aromatic rings. The topological polar surface area (TPSA) is 25.2 Å². The van der Waals surface area contributed by atoms with Gasteiger partial charge in [-0.3, -0.25) is 4.79 Å². The fourth-order valence-corrected chi connectivity index (χ4v) is 2.84. The van der Waals surface area contributed by atoms with Crippen molar-refractivity contribution in [3.8, 4) is 0 Å². The van der Waals surface area contributed by atoms with Gasteiger partial charge in [0, 0.05) is 24.8 Å². The Labute approximate surface area is 113 Å². The first-order chi connectivity index (χ1) is 9.34. The average molecular weight is 256 g/mol. The quantitative estimate of drug-likeness (QED) is 0.810. The molecular weight excluding hydrogens is 236 g/mol. The third-order valence-corrected chi connectivity index (χ3v) is 3.94. The standard InChI is InChI=1S/C16H20N2O/c19-16(17-10-5-1-2-6-11-17)13-18-12-9-14-7-3-4-8-15(14)18/h3-4,7-9,12H,1-2,5-6,10-11,13H2. The zero-order valence-electron chi connectivity index (χ0n) is 11.2. The van der Waals surface area contributed by atoms with Crippen LogP contribution in [0.25, 0.3) is 10.9 Å². The fourth-order valence-electron chi connectivity index (χ4n) is 2.84. The number of benzene rings is 1. The Kier molecular flexibility index (Phi) is 3.53. The van der Waals surface area contributed by atoms with Crippen LogP contribution in [0.1, 0.15) is 25.7 Å². The van der Waals surface area contributed by atoms with Gasteiger partial charge in [0.1, 0.15) is 6.54 Å². The van der Waals surface area contributed by atoms with Gasteiger partial charge in [0.05, 0.1) is 0 Å². The number of likely N-dealkylation sites (tertiary alicyclic amines) is 1. The molecule has 0 atom stereocenters. The van der Waals surface area contributed by atoms with E-state index in [1.165, 1.54) is 18.2 Å². The number of para-hydroxylation sites is 1. The zero-order chi connectivity index (χ0) is 13.1. The van der Waals surface area contributed by atoms with Crippen LogP contribution in [-0.4, -0.2) is 28.5 Å². The number of nitrogens with zero attached hydrogens (tertiary/aromatic N) is 2. The summed E-state index contributed by atoms with van der Waals surface area (Å²) in [4.78, 5) is 14.4. The molecule has 1 aromatic heterocycles. The van der Waals surface area contributed by atoms with E-state index < -0.39 is 0 Å². The summed E-state index contributed by atoms with van der Waals surface area (Å²) in [7, 11) is 0. The van der Waals surface area contributed by atoms with Crippen molar-refractivity contribution in [2.75, 3.05) is 13.1 Å². The van der Waals surface area contributed by atoms with Gasteiger partial charge in [-0.2, -0.15) is 0 Å². The van der Waals surface area contributed by atoms with Gasteiger partial charge in [0.25, 0.3) is 0 Å². The SMILES string of the molecule is O=C(Cn1ccc2ccccc21)N1CCCCCC1. The highest BCUT2D eigenvalue weighted by atomic mass is 16.2. The lowest BCUT2D eigenvalue weighted by molar-refractivity contribution is -0.131. The van der Waals surface area contributed by atoms with Crippen molar-refractivity contribution in [3.05, 3.63) is 36.5 Å². The molecule has 100 valence electrons. The van der Waals surface area contributed by atoms with Crippen molar-refractivity contribution in [3.63, 3.8) is 0 Å². The van der Waals surface area contributed by atoms with Crippen LogP contribution < -0.4 is 0 Å². The van der Waals surface area contributed by atoms with Crippen LogP contribution >= 0.6 is 0 Å². The van der Waals surface area contributed by atoms with E-state index in [0.29, 0.717) is 6.54 Å². The maximum absolute atomic E-state index is 12.4. The summed E-state index contributed by atoms with van der Waals surface area (Å²) in [5, 5.41) is 1.20. The first kappa shape index (κ1) is 12.3. The monoisotopic (exact) mass is 256 g/mol. The number of aromatic nitrogens is 1. The molecule has 0 N–H and O–H groups in total. The van der Waals surface area contributed by atoms with Gasteiger partial charge < -0.3 is 9.47 Å². The molecule has 0 unspecified atom stereocenters. The number of rotatable bonds is 2. The molecule has 0 bridgehead atoms. The number of fused-ring (bicyclic) bond motifs is 1. The molecule has 1 amide bonds. The van der Waals surface area contributed by atoms with Crippen molar-refractivity contribution in [1.82, 2.24) is 9.47 Å². The van der Waals surface area contributed by atoms with E-state index in [0.717, 1.165) is 31.4 Å². The van der Waals surface area contributed by atoms with Crippen LogP contribution in [0.2, 0.25) is 0 Å². The fraction of sp³-hybridized carbons (Fsp3) is 0.438. The van der Waals surface area contributed by atoms with Gasteiger partial charge in [-0.1, -0.05) is 31.0 Å². The van der Waals surface area contributed by atoms with Crippen molar-refractivity contribution < 1.29 is 4.79 Å². The highest BCUT2D eigenvalue weighted by Gasteiger charge is 2.16. The van der Waals surface area contributed by atoms with Crippen LogP contribution in [0.4, 0.5) is 0 Å². The van der Waals surface area contributed by atoms with Gasteiger partial charge in [-0.15, -0.1) is 0 Å². The molecule has 3 nitrogen and oxygen atoms in total. The van der Waals surface area contributed by atoms with Crippen LogP contribution in [0.15, 0.2) is 36.5 Å². The molecule has 1 aromatic carbocycles. The van der Waals surface area contributed by atoms with Gasteiger partial charge >= 0.3 is 0 Å². The lowest BCUT2D eigenvalue weighted by Gasteiger charge is -2.20. The Hall–Kier alpha value is -1.77. The van der Waals surface area contributed by atoms with E-state index in [9.17, 15) is 4.79 Å². The smallest absolute Gasteiger partial charge is 0.242 e. The second kappa shape index (κ2) is 5.47. The maximum Gasteiger partial charge on any atom is 0.242 e. The number of hydrogen-bond donors (Lipinski definition) is 0. The predicted molar refractivity (Wildman–Crippen MR) is 77.0 cm³/mol. The van der Waals surface area contributed by atoms with E-state index in [4.69, 9.17) is 0 Å². The lowest BCUT2D eigenvalue weighted by atomic mass is 10.2. The number of carbonyl (C=O) groups is 1. The molecule has 0 saturated carbocycles. The summed E-state index contributed by atoms with van der Waals surface area (Å²) < 4.78 is 2.06. The lowest BCUT2D eigenvalue weighted by Crippen LogP contribution is -2.34. The summed E-state index contributed by atoms with van der Waals surface area (Å²) >= 11 is 0. The Balaban J connectivity index is 1.75. The molecule has 1 fully saturated rings. The van der Waals surface area contributed by atoms with Crippen LogP contribution in [0, 0.1) is 0 Å². The van der Waals surface area contributed by atoms with Crippen molar-refractivity contribution >= 4 is 16.8 Å². The molecular formula is C16H20N2O. The van der Waals surface area contributed by atoms with Gasteiger partial charge in [-0.25, -0.2) is 0 Å². The van der Waals surface area contributed by atoms with Crippen LogP contribution in [-0.2, 0) is 11.3 Å². The molecule has 3 heteroatoms. The second-order valence-corrected chi connectivity index (χ2v) is 5.30. The molecule has 0 aliphatic carbocycles. The molecule has 0 spiro atoms. The largest absolute Gasteiger partial charge is 0.341 e. The highest BCUT2D eigenvalue weighted by molar-refractivity contribution is 5.83. The van der Waals surface area contributed by atoms with Gasteiger partial charge in [0.15, 0.2) is 0 Å². The first-order valence-electron chi connectivity index (χ1n) is 7.16. The summed E-state index contributed by atoms with van der Waals surface area (Å²) in [6.45, 7) is 2.32. The summed E-state index contributed by atoms with van der Waals surface area (Å²) in [6.07, 6.45) is 6.84. The Morgan fingerprint density at radius 3 is 2.53 bits per heavy atom. The van der Waals surface area contributed by atoms with E-state index in [1.54, 1.807) is 0 Å². The first-order valence-corrected chi connectivity index (χ1v) is 7.16. The average Bonchev–Trinajstić information content (AvgIpc) is 2.66. The number of hydrogen-bond acceptors (Lipinski definition) is 1. The van der Waals surface area contributed by atoms with E-state index in [2.05, 4.69) is 22.8 Å². The Morgan fingerprint density at radius 1 is 1.00 bits per heavy atom. The predicted octanol–water partition coefficient (Wildman–Crippen LogP) is 3.04. The molecule has 1 saturated heterocycles. The molecule has 2 heterocycles. The normalized spacial score (nSPS) is 16.5. The summed E-state index contributed by atoms with van der Waals surface area (Å²) in [5.41, 5.74) is 1.14. The number of carbonyl (C=O) groups excluding carboxylic acids is 1. The van der Waals surface area contributed by atoms with Crippen LogP contribution in [0.3, 0.4) is 0 Å². The van der Waals surface area contributed by atoms with E-state index >= 15 is 0 Å². The van der Waals surface area contributed by atoms with Gasteiger partial charge in [0.2, 0.25) is 5.91 Å². The van der Waals surface area contributed by atoms with Crippen molar-refractivity contribution in [2.24, 2.45) is 0 Å². The molecule has 19 heavy (non-hydrogen) atoms. The minimum Gasteiger partial charge on any atom is -0.341 e. The molecule has 3 rings (SSSR count). The molecule has 1 aliphatic heterocycles.